The van der Waals surface area contributed by atoms with Crippen molar-refractivity contribution in [1.82, 2.24) is 0 Å². The van der Waals surface area contributed by atoms with Crippen LogP contribution in [0.1, 0.15) is 212 Å². The number of nitrogens with two attached hydrogens (primary N) is 1. The third-order valence-electron chi connectivity index (χ3n) is 10.3. The van der Waals surface area contributed by atoms with E-state index in [-0.39, 0.29) is 39.2 Å². The molecule has 11 heteroatoms. The summed E-state index contributed by atoms with van der Waals surface area (Å²) in [5.74, 6) is -0.902. The molecule has 350 valence electrons. The summed E-state index contributed by atoms with van der Waals surface area (Å²) in [6, 6.07) is 0. The van der Waals surface area contributed by atoms with Crippen LogP contribution in [0.2, 0.25) is 0 Å². The van der Waals surface area contributed by atoms with Crippen molar-refractivity contribution in [2.75, 3.05) is 33.0 Å². The van der Waals surface area contributed by atoms with E-state index in [2.05, 4.69) is 49.5 Å². The molecular formula is C49H90NO9P. The molecule has 0 aliphatic rings. The van der Waals surface area contributed by atoms with Crippen LogP contribution >= 0.6 is 7.82 Å². The van der Waals surface area contributed by atoms with E-state index >= 15 is 0 Å². The van der Waals surface area contributed by atoms with E-state index < -0.39 is 32.5 Å². The van der Waals surface area contributed by atoms with Crippen LogP contribution in [0, 0.1) is 0 Å². The summed E-state index contributed by atoms with van der Waals surface area (Å²) >= 11 is 0. The molecular weight excluding hydrogens is 778 g/mol. The number of hydrogen-bond acceptors (Lipinski definition) is 9. The highest BCUT2D eigenvalue weighted by atomic mass is 31.2. The molecule has 4 N–H and O–H groups in total. The zero-order chi connectivity index (χ0) is 43.9. The Morgan fingerprint density at radius 1 is 0.533 bits per heavy atom. The highest BCUT2D eigenvalue weighted by molar-refractivity contribution is 7.47. The zero-order valence-corrected chi connectivity index (χ0v) is 39.0. The van der Waals surface area contributed by atoms with E-state index in [1.807, 2.05) is 6.08 Å². The first-order chi connectivity index (χ1) is 29.3. The topological polar surface area (TPSA) is 155 Å². The molecule has 0 aliphatic carbocycles. The summed E-state index contributed by atoms with van der Waals surface area (Å²) in [6.07, 6.45) is 51.7. The summed E-state index contributed by atoms with van der Waals surface area (Å²) in [7, 11) is -4.40. The molecule has 0 aliphatic heterocycles. The number of rotatable bonds is 46. The highest BCUT2D eigenvalue weighted by Crippen LogP contribution is 2.43. The smallest absolute Gasteiger partial charge is 0.462 e. The minimum absolute atomic E-state index is 0.0417. The first-order valence-corrected chi connectivity index (χ1v) is 25.7. The van der Waals surface area contributed by atoms with Crippen molar-refractivity contribution in [3.63, 3.8) is 0 Å². The molecule has 0 amide bonds. The molecule has 0 saturated carbocycles. The lowest BCUT2D eigenvalue weighted by atomic mass is 10.0. The largest absolute Gasteiger partial charge is 0.472 e. The van der Waals surface area contributed by atoms with Gasteiger partial charge in [0.05, 0.1) is 13.2 Å². The SMILES string of the molecule is CCCCCCCCCCCCCCCCCCCCCCCC(=O)O[C@H](COC(=O)CCC/C=C\C/C=C\C/C=C\C/C=C\CCCCCO)COP(=O)(O)OCCN. The lowest BCUT2D eigenvalue weighted by molar-refractivity contribution is -0.161. The molecule has 0 aromatic carbocycles. The second kappa shape index (κ2) is 46.4. The van der Waals surface area contributed by atoms with Gasteiger partial charge in [0, 0.05) is 26.0 Å². The quantitative estimate of drug-likeness (QED) is 0.0233. The van der Waals surface area contributed by atoms with Gasteiger partial charge >= 0.3 is 19.8 Å². The minimum Gasteiger partial charge on any atom is -0.462 e. The van der Waals surface area contributed by atoms with Gasteiger partial charge in [-0.1, -0.05) is 190 Å². The van der Waals surface area contributed by atoms with Crippen molar-refractivity contribution in [2.24, 2.45) is 5.73 Å². The first-order valence-electron chi connectivity index (χ1n) is 24.2. The zero-order valence-electron chi connectivity index (χ0n) is 38.1. The molecule has 1 unspecified atom stereocenters. The number of allylic oxidation sites excluding steroid dienone is 8. The Labute approximate surface area is 367 Å². The fourth-order valence-electron chi connectivity index (χ4n) is 6.67. The molecule has 0 heterocycles. The summed E-state index contributed by atoms with van der Waals surface area (Å²) < 4.78 is 32.8. The maximum atomic E-state index is 12.6. The average Bonchev–Trinajstić information content (AvgIpc) is 3.24. The Balaban J connectivity index is 4.13. The number of carbonyl (C=O) groups is 2. The van der Waals surface area contributed by atoms with E-state index in [1.54, 1.807) is 0 Å². The van der Waals surface area contributed by atoms with Crippen molar-refractivity contribution in [3.8, 4) is 0 Å². The number of aliphatic hydroxyl groups excluding tert-OH is 1. The van der Waals surface area contributed by atoms with Crippen LogP contribution in [0.5, 0.6) is 0 Å². The number of phosphoric ester groups is 1. The third-order valence-corrected chi connectivity index (χ3v) is 11.3. The van der Waals surface area contributed by atoms with E-state index in [1.165, 1.54) is 109 Å². The average molecular weight is 868 g/mol. The molecule has 0 aromatic heterocycles. The van der Waals surface area contributed by atoms with E-state index in [4.69, 9.17) is 29.4 Å². The van der Waals surface area contributed by atoms with Crippen LogP contribution in [-0.2, 0) is 32.7 Å². The van der Waals surface area contributed by atoms with Crippen LogP contribution < -0.4 is 5.73 Å². The Kier molecular flexibility index (Phi) is 44.8. The minimum atomic E-state index is -4.40. The summed E-state index contributed by atoms with van der Waals surface area (Å²) in [4.78, 5) is 35.0. The van der Waals surface area contributed by atoms with E-state index in [9.17, 15) is 19.0 Å². The van der Waals surface area contributed by atoms with Crippen molar-refractivity contribution in [1.29, 1.82) is 0 Å². The van der Waals surface area contributed by atoms with Crippen molar-refractivity contribution >= 4 is 19.8 Å². The van der Waals surface area contributed by atoms with Gasteiger partial charge < -0.3 is 25.2 Å². The van der Waals surface area contributed by atoms with Gasteiger partial charge in [0.2, 0.25) is 0 Å². The molecule has 2 atom stereocenters. The lowest BCUT2D eigenvalue weighted by Gasteiger charge is -2.19. The number of unbranched alkanes of at least 4 members (excludes halogenated alkanes) is 24. The van der Waals surface area contributed by atoms with Crippen LogP contribution in [0.3, 0.4) is 0 Å². The standard InChI is InChI=1S/C49H90NO9P/c1-2-3-4-5-6-7-8-9-10-11-12-13-14-16-20-23-26-29-32-35-38-41-49(53)59-47(46-58-60(54,55)57-44-42-50)45-56-48(52)40-37-34-31-28-25-22-19-17-15-18-21-24-27-30-33-36-39-43-51/h15,18-19,22,24,27-28,31,47,51H,2-14,16-17,20-21,23,25-26,29-30,32-46,50H2,1H3,(H,54,55)/b18-15-,22-19-,27-24-,31-28-/t47-/m1/s1. The number of ether oxygens (including phenoxy) is 2. The number of aliphatic hydroxyl groups is 1. The molecule has 0 fully saturated rings. The summed E-state index contributed by atoms with van der Waals surface area (Å²) in [5, 5.41) is 8.80. The van der Waals surface area contributed by atoms with Crippen molar-refractivity contribution < 1.29 is 42.7 Å². The van der Waals surface area contributed by atoms with Crippen LogP contribution in [-0.4, -0.2) is 61.0 Å². The van der Waals surface area contributed by atoms with Crippen LogP contribution in [0.4, 0.5) is 0 Å². The number of phosphoric acid groups is 1. The molecule has 10 nitrogen and oxygen atoms in total. The van der Waals surface area contributed by atoms with Crippen LogP contribution in [0.15, 0.2) is 48.6 Å². The van der Waals surface area contributed by atoms with Gasteiger partial charge in [0.1, 0.15) is 6.61 Å². The lowest BCUT2D eigenvalue weighted by Crippen LogP contribution is -2.29. The van der Waals surface area contributed by atoms with Crippen LogP contribution in [0.25, 0.3) is 0 Å². The normalized spacial score (nSPS) is 13.6. The van der Waals surface area contributed by atoms with Crippen molar-refractivity contribution in [2.45, 2.75) is 218 Å². The van der Waals surface area contributed by atoms with Gasteiger partial charge in [-0.25, -0.2) is 4.57 Å². The molecule has 0 radical (unpaired) electrons. The predicted molar refractivity (Wildman–Crippen MR) is 249 cm³/mol. The van der Waals surface area contributed by atoms with Gasteiger partial charge in [-0.05, 0) is 57.8 Å². The monoisotopic (exact) mass is 868 g/mol. The number of hydrogen-bond donors (Lipinski definition) is 3. The van der Waals surface area contributed by atoms with E-state index in [0.29, 0.717) is 12.8 Å². The maximum Gasteiger partial charge on any atom is 0.472 e. The third kappa shape index (κ3) is 45.5. The molecule has 0 aromatic rings. The van der Waals surface area contributed by atoms with Gasteiger partial charge in [0.15, 0.2) is 6.10 Å². The Hall–Kier alpha value is -2.07. The summed E-state index contributed by atoms with van der Waals surface area (Å²) in [5.41, 5.74) is 5.35. The van der Waals surface area contributed by atoms with Gasteiger partial charge in [0.25, 0.3) is 0 Å². The summed E-state index contributed by atoms with van der Waals surface area (Å²) in [6.45, 7) is 1.70. The van der Waals surface area contributed by atoms with Crippen molar-refractivity contribution in [3.05, 3.63) is 48.6 Å². The fourth-order valence-corrected chi connectivity index (χ4v) is 7.43. The van der Waals surface area contributed by atoms with Gasteiger partial charge in [-0.2, -0.15) is 0 Å². The van der Waals surface area contributed by atoms with Gasteiger partial charge in [-0.15, -0.1) is 0 Å². The molecule has 60 heavy (non-hydrogen) atoms. The first kappa shape index (κ1) is 57.9. The molecule has 0 saturated heterocycles. The number of esters is 2. The second-order valence-electron chi connectivity index (χ2n) is 16.1. The van der Waals surface area contributed by atoms with E-state index in [0.717, 1.165) is 70.6 Å². The van der Waals surface area contributed by atoms with Gasteiger partial charge in [-0.3, -0.25) is 18.6 Å². The Morgan fingerprint density at radius 3 is 1.42 bits per heavy atom. The molecule has 0 spiro atoms. The highest BCUT2D eigenvalue weighted by Gasteiger charge is 2.26. The number of carbonyl (C=O) groups excluding carboxylic acids is 2. The second-order valence-corrected chi connectivity index (χ2v) is 17.5. The Bertz CT molecular complexity index is 1130. The Morgan fingerprint density at radius 2 is 0.950 bits per heavy atom. The molecule has 0 bridgehead atoms. The predicted octanol–water partition coefficient (Wildman–Crippen LogP) is 13.3. The fraction of sp³-hybridized carbons (Fsp3) is 0.796. The maximum absolute atomic E-state index is 12.6. The molecule has 0 rings (SSSR count).